The molecule has 4 aromatic rings. The quantitative estimate of drug-likeness (QED) is 0.358. The summed E-state index contributed by atoms with van der Waals surface area (Å²) in [5, 5.41) is 4.69. The summed E-state index contributed by atoms with van der Waals surface area (Å²) in [4.78, 5) is 19.9. The number of methoxy groups -OCH3 is 2. The monoisotopic (exact) mass is 490 g/mol. The molecule has 0 bridgehead atoms. The maximum atomic E-state index is 14.6. The number of ether oxygens (including phenoxy) is 2. The van der Waals surface area contributed by atoms with E-state index in [1.165, 1.54) is 6.07 Å². The number of halogens is 1. The molecule has 188 valence electrons. The molecule has 1 amide bonds. The van der Waals surface area contributed by atoms with Crippen molar-refractivity contribution in [3.05, 3.63) is 77.4 Å². The molecule has 0 radical (unpaired) electrons. The Morgan fingerprint density at radius 1 is 1.03 bits per heavy atom. The number of hydrogen-bond donors (Lipinski definition) is 0. The lowest BCUT2D eigenvalue weighted by Gasteiger charge is -2.19. The molecule has 0 saturated carbocycles. The van der Waals surface area contributed by atoms with Gasteiger partial charge in [0.1, 0.15) is 11.5 Å². The zero-order valence-electron chi connectivity index (χ0n) is 21.5. The predicted octanol–water partition coefficient (Wildman–Crippen LogP) is 5.16. The summed E-state index contributed by atoms with van der Waals surface area (Å²) in [6.07, 6.45) is 0.614. The Hall–Kier alpha value is -3.94. The van der Waals surface area contributed by atoms with E-state index in [1.807, 2.05) is 45.0 Å². The minimum atomic E-state index is -0.398. The summed E-state index contributed by atoms with van der Waals surface area (Å²) in [6, 6.07) is 15.6. The van der Waals surface area contributed by atoms with E-state index in [1.54, 1.807) is 54.9 Å². The first-order chi connectivity index (χ1) is 17.1. The minimum absolute atomic E-state index is 0.232. The third kappa shape index (κ3) is 5.03. The van der Waals surface area contributed by atoms with Crippen LogP contribution >= 0.6 is 0 Å². The third-order valence-electron chi connectivity index (χ3n) is 6.10. The Balaban J connectivity index is 1.69. The van der Waals surface area contributed by atoms with Gasteiger partial charge in [-0.3, -0.25) is 4.79 Å². The number of benzene rings is 2. The minimum Gasteiger partial charge on any atom is -0.493 e. The molecule has 0 aliphatic heterocycles. The van der Waals surface area contributed by atoms with Gasteiger partial charge < -0.3 is 14.4 Å². The van der Waals surface area contributed by atoms with Crippen LogP contribution in [0.3, 0.4) is 0 Å². The van der Waals surface area contributed by atoms with Crippen molar-refractivity contribution in [2.45, 2.75) is 32.6 Å². The number of fused-ring (bicyclic) bond motifs is 1. The number of amides is 1. The molecule has 2 aromatic heterocycles. The van der Waals surface area contributed by atoms with Gasteiger partial charge in [0, 0.05) is 30.6 Å². The fourth-order valence-electron chi connectivity index (χ4n) is 3.93. The standard InChI is InChI=1S/C28H31FN4O3/c1-28(2,3)25-17-26-30-21(19-9-7-8-10-20(19)29)16-22(33(26)31-25)27(34)32(4)14-13-18-11-12-23(35-5)24(15-18)36-6/h7-12,15-17H,13-14H2,1-6H3. The van der Waals surface area contributed by atoms with Crippen LogP contribution in [0.1, 0.15) is 42.5 Å². The van der Waals surface area contributed by atoms with Gasteiger partial charge in [-0.25, -0.2) is 13.9 Å². The molecule has 36 heavy (non-hydrogen) atoms. The zero-order valence-corrected chi connectivity index (χ0v) is 21.5. The topological polar surface area (TPSA) is 69.0 Å². The molecule has 2 heterocycles. The Kier molecular flexibility index (Phi) is 6.97. The number of hydrogen-bond acceptors (Lipinski definition) is 5. The van der Waals surface area contributed by atoms with Crippen molar-refractivity contribution in [1.29, 1.82) is 0 Å². The largest absolute Gasteiger partial charge is 0.493 e. The number of carbonyl (C=O) groups is 1. The average molecular weight is 491 g/mol. The van der Waals surface area contributed by atoms with E-state index in [0.717, 1.165) is 11.3 Å². The smallest absolute Gasteiger partial charge is 0.272 e. The lowest BCUT2D eigenvalue weighted by molar-refractivity contribution is 0.0787. The predicted molar refractivity (Wildman–Crippen MR) is 137 cm³/mol. The first kappa shape index (κ1) is 25.2. The van der Waals surface area contributed by atoms with Gasteiger partial charge in [-0.15, -0.1) is 0 Å². The molecule has 0 unspecified atom stereocenters. The summed E-state index contributed by atoms with van der Waals surface area (Å²) in [7, 11) is 4.93. The number of aromatic nitrogens is 3. The Morgan fingerprint density at radius 2 is 1.75 bits per heavy atom. The molecule has 0 atom stereocenters. The Morgan fingerprint density at radius 3 is 2.42 bits per heavy atom. The first-order valence-corrected chi connectivity index (χ1v) is 11.7. The normalized spacial score (nSPS) is 11.5. The number of rotatable bonds is 7. The average Bonchev–Trinajstić information content (AvgIpc) is 3.31. The van der Waals surface area contributed by atoms with Gasteiger partial charge >= 0.3 is 0 Å². The number of likely N-dealkylation sites (N-methyl/N-ethyl adjacent to an activating group) is 1. The van der Waals surface area contributed by atoms with Crippen molar-refractivity contribution in [2.24, 2.45) is 0 Å². The number of carbonyl (C=O) groups excluding carboxylic acids is 1. The van der Waals surface area contributed by atoms with Crippen LogP contribution in [0.5, 0.6) is 11.5 Å². The zero-order chi connectivity index (χ0) is 26.0. The molecule has 0 spiro atoms. The third-order valence-corrected chi connectivity index (χ3v) is 6.10. The van der Waals surface area contributed by atoms with E-state index in [2.05, 4.69) is 10.1 Å². The fraction of sp³-hybridized carbons (Fsp3) is 0.321. The second-order valence-corrected chi connectivity index (χ2v) is 9.72. The van der Waals surface area contributed by atoms with E-state index >= 15 is 0 Å². The molecule has 8 heteroatoms. The van der Waals surface area contributed by atoms with Crippen molar-refractivity contribution in [3.63, 3.8) is 0 Å². The van der Waals surface area contributed by atoms with Gasteiger partial charge in [0.05, 0.1) is 25.6 Å². The highest BCUT2D eigenvalue weighted by Gasteiger charge is 2.24. The van der Waals surface area contributed by atoms with Gasteiger partial charge in [-0.05, 0) is 42.3 Å². The summed E-state index contributed by atoms with van der Waals surface area (Å²) in [5.41, 5.74) is 3.10. The molecule has 2 aromatic carbocycles. The van der Waals surface area contributed by atoms with Crippen LogP contribution in [0.2, 0.25) is 0 Å². The molecular weight excluding hydrogens is 459 g/mol. The second kappa shape index (κ2) is 9.97. The molecular formula is C28H31FN4O3. The SMILES string of the molecule is COc1ccc(CCN(C)C(=O)c2cc(-c3ccccc3F)nc3cc(C(C)(C)C)nn23)cc1OC. The second-order valence-electron chi connectivity index (χ2n) is 9.72. The summed E-state index contributed by atoms with van der Waals surface area (Å²) in [6.45, 7) is 6.59. The maximum Gasteiger partial charge on any atom is 0.272 e. The molecule has 0 fully saturated rings. The molecule has 0 N–H and O–H groups in total. The van der Waals surface area contributed by atoms with E-state index < -0.39 is 5.82 Å². The van der Waals surface area contributed by atoms with E-state index in [0.29, 0.717) is 47.1 Å². The first-order valence-electron chi connectivity index (χ1n) is 11.7. The highest BCUT2D eigenvalue weighted by atomic mass is 19.1. The molecule has 4 rings (SSSR count). The van der Waals surface area contributed by atoms with Crippen LogP contribution in [-0.2, 0) is 11.8 Å². The molecule has 7 nitrogen and oxygen atoms in total. The van der Waals surface area contributed by atoms with Crippen LogP contribution in [0.15, 0.2) is 54.6 Å². The van der Waals surface area contributed by atoms with Crippen molar-refractivity contribution in [3.8, 4) is 22.8 Å². The Bertz CT molecular complexity index is 1410. The van der Waals surface area contributed by atoms with Crippen molar-refractivity contribution in [2.75, 3.05) is 27.8 Å². The lowest BCUT2D eigenvalue weighted by atomic mass is 9.93. The Labute approximate surface area is 210 Å². The van der Waals surface area contributed by atoms with Crippen LogP contribution in [-0.4, -0.2) is 53.2 Å². The van der Waals surface area contributed by atoms with Gasteiger partial charge in [-0.2, -0.15) is 5.10 Å². The van der Waals surface area contributed by atoms with Gasteiger partial charge in [-0.1, -0.05) is 39.0 Å². The van der Waals surface area contributed by atoms with E-state index in [-0.39, 0.29) is 11.3 Å². The van der Waals surface area contributed by atoms with Crippen molar-refractivity contribution in [1.82, 2.24) is 19.5 Å². The van der Waals surface area contributed by atoms with Gasteiger partial charge in [0.25, 0.3) is 5.91 Å². The van der Waals surface area contributed by atoms with E-state index in [4.69, 9.17) is 9.47 Å². The van der Waals surface area contributed by atoms with Crippen molar-refractivity contribution < 1.29 is 18.7 Å². The highest BCUT2D eigenvalue weighted by molar-refractivity contribution is 5.94. The molecule has 0 aliphatic rings. The number of nitrogens with zero attached hydrogens (tertiary/aromatic N) is 4. The summed E-state index contributed by atoms with van der Waals surface area (Å²) >= 11 is 0. The maximum absolute atomic E-state index is 14.6. The van der Waals surface area contributed by atoms with Crippen LogP contribution in [0.25, 0.3) is 16.9 Å². The van der Waals surface area contributed by atoms with Crippen molar-refractivity contribution >= 4 is 11.6 Å². The fourth-order valence-corrected chi connectivity index (χ4v) is 3.93. The van der Waals surface area contributed by atoms with E-state index in [9.17, 15) is 9.18 Å². The van der Waals surface area contributed by atoms with Crippen LogP contribution in [0.4, 0.5) is 4.39 Å². The highest BCUT2D eigenvalue weighted by Crippen LogP contribution is 2.29. The van der Waals surface area contributed by atoms with Gasteiger partial charge in [0.15, 0.2) is 17.1 Å². The molecule has 0 saturated heterocycles. The summed E-state index contributed by atoms with van der Waals surface area (Å²) in [5.74, 6) is 0.661. The van der Waals surface area contributed by atoms with Crippen LogP contribution < -0.4 is 9.47 Å². The van der Waals surface area contributed by atoms with Gasteiger partial charge in [0.2, 0.25) is 0 Å². The molecule has 0 aliphatic carbocycles. The lowest BCUT2D eigenvalue weighted by Crippen LogP contribution is -2.31. The summed E-state index contributed by atoms with van der Waals surface area (Å²) < 4.78 is 26.9. The van der Waals surface area contributed by atoms with Crippen LogP contribution in [0, 0.1) is 5.82 Å².